The highest BCUT2D eigenvalue weighted by Gasteiger charge is 2.21. The number of fused-ring (bicyclic) bond motifs is 1. The van der Waals surface area contributed by atoms with Gasteiger partial charge in [0.2, 0.25) is 7.28 Å². The van der Waals surface area contributed by atoms with E-state index in [-0.39, 0.29) is 11.6 Å². The summed E-state index contributed by atoms with van der Waals surface area (Å²) in [6.07, 6.45) is 7.70. The summed E-state index contributed by atoms with van der Waals surface area (Å²) in [5.41, 5.74) is 8.99. The van der Waals surface area contributed by atoms with Crippen molar-refractivity contribution in [3.8, 4) is 0 Å². The van der Waals surface area contributed by atoms with Gasteiger partial charge in [0.05, 0.1) is 11.7 Å². The van der Waals surface area contributed by atoms with Gasteiger partial charge in [0.1, 0.15) is 0 Å². The number of anilines is 1. The smallest absolute Gasteiger partial charge is 0.251 e. The molecule has 0 saturated carbocycles. The number of benzene rings is 1. The van der Waals surface area contributed by atoms with Gasteiger partial charge >= 0.3 is 0 Å². The summed E-state index contributed by atoms with van der Waals surface area (Å²) in [4.78, 5) is 20.2. The van der Waals surface area contributed by atoms with Crippen LogP contribution >= 0.6 is 0 Å². The zero-order chi connectivity index (χ0) is 22.2. The molecule has 1 saturated heterocycles. The molecule has 1 unspecified atom stereocenters. The van der Waals surface area contributed by atoms with Crippen LogP contribution < -0.4 is 16.1 Å². The van der Waals surface area contributed by atoms with Crippen LogP contribution in [0.3, 0.4) is 0 Å². The molecule has 4 heterocycles. The van der Waals surface area contributed by atoms with Crippen LogP contribution in [0.2, 0.25) is 0 Å². The fourth-order valence-corrected chi connectivity index (χ4v) is 4.80. The Morgan fingerprint density at radius 2 is 1.81 bits per heavy atom. The number of hydrogen-bond acceptors (Lipinski definition) is 3. The number of aryl methyl sites for hydroxylation is 2. The van der Waals surface area contributed by atoms with Gasteiger partial charge in [0.15, 0.2) is 0 Å². The lowest BCUT2D eigenvalue weighted by atomic mass is 9.77. The Morgan fingerprint density at radius 3 is 2.56 bits per heavy atom. The summed E-state index contributed by atoms with van der Waals surface area (Å²) in [6.45, 7) is 8.49. The normalized spacial score (nSPS) is 16.3. The van der Waals surface area contributed by atoms with Gasteiger partial charge in [-0.1, -0.05) is 18.2 Å². The maximum absolute atomic E-state index is 13.1. The van der Waals surface area contributed by atoms with Crippen LogP contribution in [-0.2, 0) is 0 Å². The minimum absolute atomic E-state index is 0.0142. The molecule has 2 aliphatic heterocycles. The molecular formula is C27H29BN3O. The molecular weight excluding hydrogens is 393 g/mol. The number of rotatable bonds is 4. The second-order valence-electron chi connectivity index (χ2n) is 9.10. The van der Waals surface area contributed by atoms with E-state index in [9.17, 15) is 4.79 Å². The molecule has 1 atom stereocenters. The molecule has 2 aromatic heterocycles. The summed E-state index contributed by atoms with van der Waals surface area (Å²) in [5.74, 6) is 2.09. The average molecular weight is 422 g/mol. The van der Waals surface area contributed by atoms with Crippen LogP contribution in [0.5, 0.6) is 0 Å². The van der Waals surface area contributed by atoms with Crippen LogP contribution in [0.1, 0.15) is 60.0 Å². The number of hydrogen-bond donors (Lipinski definition) is 0. The van der Waals surface area contributed by atoms with Gasteiger partial charge in [-0.2, -0.15) is 0 Å². The second-order valence-corrected chi connectivity index (χ2v) is 9.10. The van der Waals surface area contributed by atoms with Gasteiger partial charge in [0, 0.05) is 37.1 Å². The Kier molecular flexibility index (Phi) is 5.50. The van der Waals surface area contributed by atoms with E-state index in [1.54, 1.807) is 6.07 Å². The predicted molar refractivity (Wildman–Crippen MR) is 133 cm³/mol. The third kappa shape index (κ3) is 3.81. The van der Waals surface area contributed by atoms with Crippen molar-refractivity contribution in [1.29, 1.82) is 0 Å². The highest BCUT2D eigenvalue weighted by Crippen LogP contribution is 2.29. The van der Waals surface area contributed by atoms with Crippen LogP contribution in [0.15, 0.2) is 59.6 Å². The molecule has 5 rings (SSSR count). The van der Waals surface area contributed by atoms with E-state index in [0.717, 1.165) is 40.9 Å². The summed E-state index contributed by atoms with van der Waals surface area (Å²) in [6, 6.07) is 12.5. The summed E-state index contributed by atoms with van der Waals surface area (Å²) >= 11 is 0. The van der Waals surface area contributed by atoms with E-state index < -0.39 is 0 Å². The number of pyridine rings is 2. The molecule has 4 nitrogen and oxygen atoms in total. The second kappa shape index (κ2) is 8.46. The first kappa shape index (κ1) is 20.8. The molecule has 2 aliphatic rings. The SMILES string of the molecule is Cc1ccc(C(C)n2ccc(C3=C[B]c4ncc(N5CCCCC5)cc43)cc2=O)cc1C. The van der Waals surface area contributed by atoms with E-state index in [1.807, 2.05) is 24.2 Å². The maximum Gasteiger partial charge on any atom is 0.251 e. The van der Waals surface area contributed by atoms with Crippen molar-refractivity contribution < 1.29 is 0 Å². The summed E-state index contributed by atoms with van der Waals surface area (Å²) < 4.78 is 1.82. The highest BCUT2D eigenvalue weighted by molar-refractivity contribution is 6.63. The van der Waals surface area contributed by atoms with Crippen LogP contribution in [-0.4, -0.2) is 29.9 Å². The zero-order valence-corrected chi connectivity index (χ0v) is 19.1. The van der Waals surface area contributed by atoms with Crippen molar-refractivity contribution in [3.05, 3.63) is 92.9 Å². The van der Waals surface area contributed by atoms with Crippen molar-refractivity contribution in [2.45, 2.75) is 46.1 Å². The summed E-state index contributed by atoms with van der Waals surface area (Å²) in [7, 11) is 2.05. The first-order valence-electron chi connectivity index (χ1n) is 11.6. The van der Waals surface area contributed by atoms with E-state index in [1.165, 1.54) is 36.1 Å². The highest BCUT2D eigenvalue weighted by atomic mass is 16.1. The third-order valence-corrected chi connectivity index (χ3v) is 7.01. The van der Waals surface area contributed by atoms with Crippen molar-refractivity contribution in [1.82, 2.24) is 9.55 Å². The molecule has 0 amide bonds. The number of piperidine rings is 1. The minimum Gasteiger partial charge on any atom is -0.370 e. The first-order valence-corrected chi connectivity index (χ1v) is 11.6. The largest absolute Gasteiger partial charge is 0.370 e. The van der Waals surface area contributed by atoms with Crippen LogP contribution in [0, 0.1) is 13.8 Å². The molecule has 0 spiro atoms. The zero-order valence-electron chi connectivity index (χ0n) is 19.1. The fraction of sp³-hybridized carbons (Fsp3) is 0.333. The molecule has 5 heteroatoms. The standard InChI is InChI=1S/C27H29BN3O/c1-18-7-8-21(13-19(18)2)20(3)31-12-9-22(14-26(31)32)25-16-28-27-24(25)15-23(17-29-27)30-10-5-4-6-11-30/h7-9,12-17,20H,4-6,10-11H2,1-3H3. The lowest BCUT2D eigenvalue weighted by molar-refractivity contribution is 0.577. The molecule has 1 aromatic carbocycles. The molecule has 0 N–H and O–H groups in total. The lowest BCUT2D eigenvalue weighted by Gasteiger charge is -2.29. The van der Waals surface area contributed by atoms with Crippen molar-refractivity contribution in [2.75, 3.05) is 18.0 Å². The topological polar surface area (TPSA) is 38.1 Å². The summed E-state index contributed by atoms with van der Waals surface area (Å²) in [5, 5.41) is 0. The van der Waals surface area contributed by atoms with Gasteiger partial charge in [-0.15, -0.1) is 5.98 Å². The molecule has 1 radical (unpaired) electrons. The Hall–Kier alpha value is -3.08. The van der Waals surface area contributed by atoms with Crippen molar-refractivity contribution in [3.63, 3.8) is 0 Å². The molecule has 0 aliphatic carbocycles. The van der Waals surface area contributed by atoms with Crippen LogP contribution in [0.4, 0.5) is 5.69 Å². The number of nitrogens with zero attached hydrogens (tertiary/aromatic N) is 3. The van der Waals surface area contributed by atoms with E-state index in [4.69, 9.17) is 4.98 Å². The molecule has 1 fully saturated rings. The van der Waals surface area contributed by atoms with Gasteiger partial charge in [-0.25, -0.2) is 0 Å². The molecule has 32 heavy (non-hydrogen) atoms. The average Bonchev–Trinajstić information content (AvgIpc) is 3.24. The fourth-order valence-electron chi connectivity index (χ4n) is 4.80. The monoisotopic (exact) mass is 422 g/mol. The van der Waals surface area contributed by atoms with Crippen LogP contribution in [0.25, 0.3) is 5.57 Å². The van der Waals surface area contributed by atoms with Crippen molar-refractivity contribution >= 4 is 24.1 Å². The molecule has 161 valence electrons. The Balaban J connectivity index is 1.44. The van der Waals surface area contributed by atoms with E-state index in [0.29, 0.717) is 0 Å². The third-order valence-electron chi connectivity index (χ3n) is 7.01. The van der Waals surface area contributed by atoms with Gasteiger partial charge in [-0.3, -0.25) is 9.78 Å². The van der Waals surface area contributed by atoms with E-state index >= 15 is 0 Å². The van der Waals surface area contributed by atoms with Gasteiger partial charge < -0.3 is 9.47 Å². The van der Waals surface area contributed by atoms with Gasteiger partial charge in [-0.05, 0) is 85.6 Å². The molecule has 0 bridgehead atoms. The van der Waals surface area contributed by atoms with E-state index in [2.05, 4.69) is 62.0 Å². The van der Waals surface area contributed by atoms with Crippen molar-refractivity contribution in [2.24, 2.45) is 0 Å². The Bertz CT molecular complexity index is 1250. The first-order chi connectivity index (χ1) is 15.5. The predicted octanol–water partition coefficient (Wildman–Crippen LogP) is 4.19. The Morgan fingerprint density at radius 1 is 1.00 bits per heavy atom. The minimum atomic E-state index is -0.0142. The van der Waals surface area contributed by atoms with Gasteiger partial charge in [0.25, 0.3) is 5.56 Å². The molecule has 3 aromatic rings. The Labute approximate surface area is 190 Å². The quantitative estimate of drug-likeness (QED) is 0.592. The number of aromatic nitrogens is 2. The lowest BCUT2D eigenvalue weighted by Crippen LogP contribution is -2.30. The maximum atomic E-state index is 13.1.